The number of non-ortho nitro benzene ring substituents is 1. The predicted octanol–water partition coefficient (Wildman–Crippen LogP) is 4.51. The van der Waals surface area contributed by atoms with E-state index in [4.69, 9.17) is 4.18 Å². The molecule has 0 spiro atoms. The largest absolute Gasteiger partial charge is 0.379 e. The first-order chi connectivity index (χ1) is 15.7. The first-order valence-corrected chi connectivity index (χ1v) is 11.6. The molecule has 0 heterocycles. The van der Waals surface area contributed by atoms with Crippen molar-refractivity contribution >= 4 is 56.1 Å². The third-order valence-corrected chi connectivity index (χ3v) is 6.09. The molecule has 1 N–H and O–H groups in total. The molecule has 0 aliphatic rings. The number of halogens is 1. The predicted molar refractivity (Wildman–Crippen MR) is 129 cm³/mol. The average molecular weight is 575 g/mol. The molecule has 3 aromatic rings. The smallest absolute Gasteiger partial charge is 0.339 e. The first kappa shape index (κ1) is 23.9. The molecule has 0 unspecified atom stereocenters. The van der Waals surface area contributed by atoms with Crippen molar-refractivity contribution in [3.8, 4) is 11.8 Å². The Morgan fingerprint density at radius 3 is 2.42 bits per heavy atom. The van der Waals surface area contributed by atoms with Crippen LogP contribution in [0.4, 0.5) is 11.4 Å². The van der Waals surface area contributed by atoms with Gasteiger partial charge >= 0.3 is 10.1 Å². The van der Waals surface area contributed by atoms with Gasteiger partial charge in [0.1, 0.15) is 22.3 Å². The number of carbonyl (C=O) groups is 1. The van der Waals surface area contributed by atoms with Gasteiger partial charge in [-0.05, 0) is 76.7 Å². The topological polar surface area (TPSA) is 139 Å². The molecule has 3 rings (SSSR count). The second kappa shape index (κ2) is 10.2. The molecule has 33 heavy (non-hydrogen) atoms. The minimum Gasteiger partial charge on any atom is -0.379 e. The Bertz CT molecular complexity index is 1400. The molecular formula is C22H14IN3O6S. The van der Waals surface area contributed by atoms with Gasteiger partial charge in [0.15, 0.2) is 0 Å². The summed E-state index contributed by atoms with van der Waals surface area (Å²) in [5.74, 6) is -0.679. The van der Waals surface area contributed by atoms with Crippen LogP contribution in [0.25, 0.3) is 6.08 Å². The Hall–Kier alpha value is -3.76. The highest BCUT2D eigenvalue weighted by molar-refractivity contribution is 14.1. The minimum atomic E-state index is -4.26. The molecule has 0 atom stereocenters. The van der Waals surface area contributed by atoms with Crippen molar-refractivity contribution in [2.24, 2.45) is 0 Å². The number of nitro benzene ring substituents is 1. The van der Waals surface area contributed by atoms with Crippen LogP contribution in [-0.4, -0.2) is 19.2 Å². The first-order valence-electron chi connectivity index (χ1n) is 9.16. The minimum absolute atomic E-state index is 0.0580. The Labute approximate surface area is 202 Å². The summed E-state index contributed by atoms with van der Waals surface area (Å²) in [4.78, 5) is 22.3. The summed E-state index contributed by atoms with van der Waals surface area (Å²) in [6.45, 7) is 0. The lowest BCUT2D eigenvalue weighted by molar-refractivity contribution is -0.384. The fraction of sp³-hybridized carbons (Fsp3) is 0. The molecule has 0 radical (unpaired) electrons. The highest BCUT2D eigenvalue weighted by Gasteiger charge is 2.18. The van der Waals surface area contributed by atoms with Crippen LogP contribution in [0.5, 0.6) is 5.75 Å². The van der Waals surface area contributed by atoms with E-state index in [0.717, 1.165) is 27.8 Å². The molecule has 0 saturated heterocycles. The van der Waals surface area contributed by atoms with Gasteiger partial charge in [-0.3, -0.25) is 14.9 Å². The van der Waals surface area contributed by atoms with E-state index < -0.39 is 20.9 Å². The van der Waals surface area contributed by atoms with Gasteiger partial charge in [-0.2, -0.15) is 13.7 Å². The summed E-state index contributed by atoms with van der Waals surface area (Å²) < 4.78 is 31.0. The molecule has 0 aromatic heterocycles. The number of nitrogens with zero attached hydrogens (tertiary/aromatic N) is 2. The van der Waals surface area contributed by atoms with Crippen LogP contribution < -0.4 is 9.50 Å². The quantitative estimate of drug-likeness (QED) is 0.109. The summed E-state index contributed by atoms with van der Waals surface area (Å²) in [5.41, 5.74) is 0.443. The van der Waals surface area contributed by atoms with E-state index in [1.807, 2.05) is 12.1 Å². The normalized spacial score (nSPS) is 11.3. The number of nitriles is 1. The van der Waals surface area contributed by atoms with Gasteiger partial charge in [-0.15, -0.1) is 0 Å². The van der Waals surface area contributed by atoms with Crippen LogP contribution in [0.3, 0.4) is 0 Å². The Balaban J connectivity index is 1.80. The number of nitro groups is 1. The fourth-order valence-electron chi connectivity index (χ4n) is 2.65. The van der Waals surface area contributed by atoms with Crippen LogP contribution in [-0.2, 0) is 14.9 Å². The van der Waals surface area contributed by atoms with Crippen molar-refractivity contribution in [2.75, 3.05) is 5.32 Å². The number of rotatable bonds is 7. The maximum atomic E-state index is 12.5. The Morgan fingerprint density at radius 1 is 1.09 bits per heavy atom. The number of hydrogen-bond acceptors (Lipinski definition) is 7. The van der Waals surface area contributed by atoms with Crippen LogP contribution in [0.2, 0.25) is 0 Å². The van der Waals surface area contributed by atoms with E-state index >= 15 is 0 Å². The van der Waals surface area contributed by atoms with Gasteiger partial charge < -0.3 is 9.50 Å². The molecule has 0 aliphatic carbocycles. The van der Waals surface area contributed by atoms with Crippen molar-refractivity contribution in [3.63, 3.8) is 0 Å². The maximum Gasteiger partial charge on any atom is 0.339 e. The lowest BCUT2D eigenvalue weighted by Crippen LogP contribution is -2.13. The molecule has 1 amide bonds. The van der Waals surface area contributed by atoms with E-state index in [1.54, 1.807) is 24.3 Å². The van der Waals surface area contributed by atoms with Gasteiger partial charge in [0.2, 0.25) is 0 Å². The number of nitrogens with one attached hydrogen (secondary N) is 1. The fourth-order valence-corrected chi connectivity index (χ4v) is 4.11. The van der Waals surface area contributed by atoms with Crippen LogP contribution in [0.15, 0.2) is 83.3 Å². The van der Waals surface area contributed by atoms with Crippen molar-refractivity contribution in [1.29, 1.82) is 5.26 Å². The van der Waals surface area contributed by atoms with Gasteiger partial charge in [0, 0.05) is 21.4 Å². The molecule has 9 nitrogen and oxygen atoms in total. The van der Waals surface area contributed by atoms with Crippen LogP contribution in [0, 0.1) is 25.0 Å². The summed E-state index contributed by atoms with van der Waals surface area (Å²) in [6.07, 6.45) is 1.30. The zero-order chi connectivity index (χ0) is 24.0. The third-order valence-electron chi connectivity index (χ3n) is 4.16. The average Bonchev–Trinajstić information content (AvgIpc) is 2.77. The van der Waals surface area contributed by atoms with Crippen molar-refractivity contribution < 1.29 is 22.3 Å². The summed E-state index contributed by atoms with van der Waals surface area (Å²) in [6, 6.07) is 18.9. The molecule has 0 saturated carbocycles. The van der Waals surface area contributed by atoms with E-state index in [1.165, 1.54) is 24.3 Å². The van der Waals surface area contributed by atoms with Crippen molar-refractivity contribution in [2.45, 2.75) is 4.90 Å². The van der Waals surface area contributed by atoms with Gasteiger partial charge in [0.25, 0.3) is 11.6 Å². The number of anilines is 1. The molecular weight excluding hydrogens is 561 g/mol. The lowest BCUT2D eigenvalue weighted by Gasteiger charge is -2.08. The molecule has 166 valence electrons. The summed E-state index contributed by atoms with van der Waals surface area (Å²) >= 11 is 2.10. The van der Waals surface area contributed by atoms with E-state index in [2.05, 4.69) is 27.9 Å². The van der Waals surface area contributed by atoms with Gasteiger partial charge in [-0.25, -0.2) is 0 Å². The number of amides is 1. The summed E-state index contributed by atoms with van der Waals surface area (Å²) in [7, 11) is -4.26. The Morgan fingerprint density at radius 2 is 1.79 bits per heavy atom. The second-order valence-corrected chi connectivity index (χ2v) is 9.29. The van der Waals surface area contributed by atoms with Crippen molar-refractivity contribution in [1.82, 2.24) is 0 Å². The van der Waals surface area contributed by atoms with Gasteiger partial charge in [-0.1, -0.05) is 18.2 Å². The molecule has 3 aromatic carbocycles. The number of carbonyl (C=O) groups excluding carboxylic acids is 1. The summed E-state index contributed by atoms with van der Waals surface area (Å²) in [5, 5.41) is 22.8. The number of hydrogen-bond donors (Lipinski definition) is 1. The van der Waals surface area contributed by atoms with Crippen molar-refractivity contribution in [3.05, 3.63) is 97.6 Å². The standard InChI is InChI=1S/C22H14IN3O6S/c23-17-4-2-5-18(13-17)25-22(27)16(14-24)11-15-3-1-6-20(12-15)32-33(30,31)21-9-7-19(8-10-21)26(28)29/h1-13H,(H,25,27)/b16-11+. The second-order valence-electron chi connectivity index (χ2n) is 6.50. The Kier molecular flexibility index (Phi) is 7.41. The van der Waals surface area contributed by atoms with Crippen LogP contribution in [0.1, 0.15) is 5.56 Å². The lowest BCUT2D eigenvalue weighted by atomic mass is 10.1. The van der Waals surface area contributed by atoms with Gasteiger partial charge in [0.05, 0.1) is 4.92 Å². The molecule has 0 aliphatic heterocycles. The third kappa shape index (κ3) is 6.37. The molecule has 0 fully saturated rings. The zero-order valence-corrected chi connectivity index (χ0v) is 19.6. The molecule has 0 bridgehead atoms. The SMILES string of the molecule is N#C/C(=C\c1cccc(OS(=O)(=O)c2ccc([N+](=O)[O-])cc2)c1)C(=O)Nc1cccc(I)c1. The highest BCUT2D eigenvalue weighted by atomic mass is 127. The van der Waals surface area contributed by atoms with Crippen LogP contribution >= 0.6 is 22.6 Å². The van der Waals surface area contributed by atoms with E-state index in [0.29, 0.717) is 11.3 Å². The zero-order valence-electron chi connectivity index (χ0n) is 16.6. The van der Waals surface area contributed by atoms with E-state index in [9.17, 15) is 28.6 Å². The monoisotopic (exact) mass is 575 g/mol. The maximum absolute atomic E-state index is 12.5. The molecule has 11 heteroatoms. The van der Waals surface area contributed by atoms with E-state index in [-0.39, 0.29) is 21.9 Å². The highest BCUT2D eigenvalue weighted by Crippen LogP contribution is 2.23. The number of benzene rings is 3.